The first kappa shape index (κ1) is 19.5. The lowest BCUT2D eigenvalue weighted by atomic mass is 9.90. The summed E-state index contributed by atoms with van der Waals surface area (Å²) < 4.78 is 10.9. The summed E-state index contributed by atoms with van der Waals surface area (Å²) in [5.74, 6) is 2.41. The van der Waals surface area contributed by atoms with Crippen LogP contribution in [-0.4, -0.2) is 37.3 Å². The first-order valence-electron chi connectivity index (χ1n) is 10.3. The molecule has 152 valence electrons. The van der Waals surface area contributed by atoms with E-state index in [1.165, 1.54) is 11.3 Å². The van der Waals surface area contributed by atoms with Crippen LogP contribution in [0.4, 0.5) is 5.69 Å². The van der Waals surface area contributed by atoms with Gasteiger partial charge < -0.3 is 14.4 Å². The smallest absolute Gasteiger partial charge is 0.162 e. The molecule has 0 N–H and O–H groups in total. The van der Waals surface area contributed by atoms with E-state index < -0.39 is 0 Å². The molecule has 0 unspecified atom stereocenters. The number of hydrogen-bond acceptors (Lipinski definition) is 5. The molecule has 5 heteroatoms. The third-order valence-corrected chi connectivity index (χ3v) is 5.98. The third-order valence-electron chi connectivity index (χ3n) is 5.98. The van der Waals surface area contributed by atoms with E-state index in [1.807, 2.05) is 12.1 Å². The minimum absolute atomic E-state index is 0.421. The standard InChI is InChI=1S/C24H29N3O2/c1-16(2)17-5-7-19(8-6-17)27-11-9-18(10-12-27)24-20-13-22(28-3)23(29-4)14-21(20)25-15-26-24/h5-8,13-16,18H,9-12H2,1-4H3. The van der Waals surface area contributed by atoms with E-state index in [0.717, 1.165) is 48.3 Å². The number of anilines is 1. The molecule has 1 aromatic heterocycles. The van der Waals surface area contributed by atoms with Crippen LogP contribution in [0.25, 0.3) is 10.9 Å². The van der Waals surface area contributed by atoms with E-state index >= 15 is 0 Å². The summed E-state index contributed by atoms with van der Waals surface area (Å²) in [5.41, 5.74) is 4.72. The van der Waals surface area contributed by atoms with Crippen molar-refractivity contribution >= 4 is 16.6 Å². The fraction of sp³-hybridized carbons (Fsp3) is 0.417. The van der Waals surface area contributed by atoms with Crippen LogP contribution in [0.1, 0.15) is 49.8 Å². The van der Waals surface area contributed by atoms with Gasteiger partial charge in [0.2, 0.25) is 0 Å². The topological polar surface area (TPSA) is 47.5 Å². The van der Waals surface area contributed by atoms with Gasteiger partial charge in [-0.2, -0.15) is 0 Å². The molecular formula is C24H29N3O2. The molecule has 4 rings (SSSR count). The number of rotatable bonds is 5. The number of piperidine rings is 1. The Hall–Kier alpha value is -2.82. The molecule has 0 amide bonds. The monoisotopic (exact) mass is 391 g/mol. The second kappa shape index (κ2) is 8.27. The summed E-state index contributed by atoms with van der Waals surface area (Å²) in [6, 6.07) is 13.0. The molecule has 1 aliphatic heterocycles. The molecule has 0 spiro atoms. The van der Waals surface area contributed by atoms with Crippen molar-refractivity contribution in [1.29, 1.82) is 0 Å². The van der Waals surface area contributed by atoms with E-state index in [4.69, 9.17) is 9.47 Å². The molecule has 29 heavy (non-hydrogen) atoms. The Morgan fingerprint density at radius 2 is 1.59 bits per heavy atom. The Kier molecular flexibility index (Phi) is 5.56. The number of ether oxygens (including phenoxy) is 2. The molecule has 0 atom stereocenters. The molecule has 0 saturated carbocycles. The summed E-state index contributed by atoms with van der Waals surface area (Å²) >= 11 is 0. The predicted octanol–water partition coefficient (Wildman–Crippen LogP) is 5.15. The van der Waals surface area contributed by atoms with Crippen molar-refractivity contribution in [1.82, 2.24) is 9.97 Å². The van der Waals surface area contributed by atoms with Crippen molar-refractivity contribution in [3.8, 4) is 11.5 Å². The number of methoxy groups -OCH3 is 2. The Morgan fingerprint density at radius 1 is 0.931 bits per heavy atom. The molecule has 1 saturated heterocycles. The molecule has 5 nitrogen and oxygen atoms in total. The van der Waals surface area contributed by atoms with E-state index in [0.29, 0.717) is 17.6 Å². The number of fused-ring (bicyclic) bond motifs is 1. The minimum atomic E-state index is 0.421. The highest BCUT2D eigenvalue weighted by atomic mass is 16.5. The number of hydrogen-bond donors (Lipinski definition) is 0. The largest absolute Gasteiger partial charge is 0.493 e. The second-order valence-corrected chi connectivity index (χ2v) is 7.99. The van der Waals surface area contributed by atoms with Crippen LogP contribution in [0.2, 0.25) is 0 Å². The Morgan fingerprint density at radius 3 is 2.21 bits per heavy atom. The summed E-state index contributed by atoms with van der Waals surface area (Å²) in [5, 5.41) is 1.06. The van der Waals surface area contributed by atoms with Crippen molar-refractivity contribution in [2.75, 3.05) is 32.2 Å². The fourth-order valence-electron chi connectivity index (χ4n) is 4.21. The molecule has 1 fully saturated rings. The minimum Gasteiger partial charge on any atom is -0.493 e. The van der Waals surface area contributed by atoms with Gasteiger partial charge in [0.1, 0.15) is 6.33 Å². The lowest BCUT2D eigenvalue weighted by Gasteiger charge is -2.34. The van der Waals surface area contributed by atoms with Crippen molar-refractivity contribution < 1.29 is 9.47 Å². The molecule has 3 aromatic rings. The molecule has 2 heterocycles. The van der Waals surface area contributed by atoms with Gasteiger partial charge in [0.15, 0.2) is 11.5 Å². The van der Waals surface area contributed by atoms with Gasteiger partial charge >= 0.3 is 0 Å². The quantitative estimate of drug-likeness (QED) is 0.602. The normalized spacial score (nSPS) is 15.1. The van der Waals surface area contributed by atoms with Crippen LogP contribution in [0.5, 0.6) is 11.5 Å². The average molecular weight is 392 g/mol. The zero-order valence-electron chi connectivity index (χ0n) is 17.7. The van der Waals surface area contributed by atoms with Crippen molar-refractivity contribution in [2.45, 2.75) is 38.5 Å². The molecule has 2 aromatic carbocycles. The predicted molar refractivity (Wildman–Crippen MR) is 117 cm³/mol. The van der Waals surface area contributed by atoms with Gasteiger partial charge in [0, 0.05) is 36.1 Å². The van der Waals surface area contributed by atoms with Crippen molar-refractivity contribution in [3.05, 3.63) is 54.0 Å². The van der Waals surface area contributed by atoms with Crippen LogP contribution in [-0.2, 0) is 0 Å². The average Bonchev–Trinajstić information content (AvgIpc) is 2.77. The fourth-order valence-corrected chi connectivity index (χ4v) is 4.21. The first-order chi connectivity index (χ1) is 14.1. The van der Waals surface area contributed by atoms with Crippen molar-refractivity contribution in [3.63, 3.8) is 0 Å². The maximum Gasteiger partial charge on any atom is 0.162 e. The molecule has 0 bridgehead atoms. The highest BCUT2D eigenvalue weighted by molar-refractivity contribution is 5.85. The van der Waals surface area contributed by atoms with Crippen LogP contribution < -0.4 is 14.4 Å². The Balaban J connectivity index is 1.54. The van der Waals surface area contributed by atoms with Gasteiger partial charge in [-0.3, -0.25) is 0 Å². The van der Waals surface area contributed by atoms with Crippen LogP contribution in [0.15, 0.2) is 42.7 Å². The highest BCUT2D eigenvalue weighted by Gasteiger charge is 2.24. The van der Waals surface area contributed by atoms with Gasteiger partial charge in [0.05, 0.1) is 25.4 Å². The van der Waals surface area contributed by atoms with Crippen LogP contribution >= 0.6 is 0 Å². The molecule has 0 aliphatic carbocycles. The zero-order valence-corrected chi connectivity index (χ0v) is 17.7. The lowest BCUT2D eigenvalue weighted by molar-refractivity contribution is 0.355. The van der Waals surface area contributed by atoms with Gasteiger partial charge in [0.25, 0.3) is 0 Å². The van der Waals surface area contributed by atoms with Gasteiger partial charge in [-0.15, -0.1) is 0 Å². The van der Waals surface area contributed by atoms with E-state index in [9.17, 15) is 0 Å². The molecule has 1 aliphatic rings. The maximum absolute atomic E-state index is 5.50. The number of benzene rings is 2. The summed E-state index contributed by atoms with van der Waals surface area (Å²) in [6.45, 7) is 6.53. The van der Waals surface area contributed by atoms with Gasteiger partial charge in [-0.1, -0.05) is 26.0 Å². The molecular weight excluding hydrogens is 362 g/mol. The number of aromatic nitrogens is 2. The van der Waals surface area contributed by atoms with Crippen LogP contribution in [0.3, 0.4) is 0 Å². The highest BCUT2D eigenvalue weighted by Crippen LogP contribution is 2.37. The van der Waals surface area contributed by atoms with E-state index in [2.05, 4.69) is 53.0 Å². The van der Waals surface area contributed by atoms with Crippen LogP contribution in [0, 0.1) is 0 Å². The Labute approximate surface area is 172 Å². The second-order valence-electron chi connectivity index (χ2n) is 7.99. The lowest BCUT2D eigenvalue weighted by Crippen LogP contribution is -2.33. The maximum atomic E-state index is 5.50. The zero-order chi connectivity index (χ0) is 20.4. The molecule has 0 radical (unpaired) electrons. The van der Waals surface area contributed by atoms with E-state index in [-0.39, 0.29) is 0 Å². The third kappa shape index (κ3) is 3.86. The SMILES string of the molecule is COc1cc2ncnc(C3CCN(c4ccc(C(C)C)cc4)CC3)c2cc1OC. The number of nitrogens with zero attached hydrogens (tertiary/aromatic N) is 3. The summed E-state index contributed by atoms with van der Waals surface area (Å²) in [6.07, 6.45) is 3.82. The van der Waals surface area contributed by atoms with Gasteiger partial charge in [-0.25, -0.2) is 9.97 Å². The van der Waals surface area contributed by atoms with Crippen molar-refractivity contribution in [2.24, 2.45) is 0 Å². The first-order valence-corrected chi connectivity index (χ1v) is 10.3. The summed E-state index contributed by atoms with van der Waals surface area (Å²) in [4.78, 5) is 11.6. The Bertz CT molecular complexity index is 977. The summed E-state index contributed by atoms with van der Waals surface area (Å²) in [7, 11) is 3.31. The van der Waals surface area contributed by atoms with Gasteiger partial charge in [-0.05, 0) is 42.5 Å². The van der Waals surface area contributed by atoms with E-state index in [1.54, 1.807) is 20.5 Å².